The second-order valence-electron chi connectivity index (χ2n) is 7.30. The number of nitrogens with one attached hydrogen (secondary N) is 1. The van der Waals surface area contributed by atoms with Crippen LogP contribution in [0.4, 0.5) is 0 Å². The fourth-order valence-electron chi connectivity index (χ4n) is 4.73. The molecule has 1 aromatic rings. The van der Waals surface area contributed by atoms with E-state index >= 15 is 0 Å². The molecule has 0 spiro atoms. The highest BCUT2D eigenvalue weighted by atomic mass is 14.9. The van der Waals surface area contributed by atoms with Crippen molar-refractivity contribution in [1.29, 1.82) is 0 Å². The van der Waals surface area contributed by atoms with Gasteiger partial charge in [-0.3, -0.25) is 4.98 Å². The van der Waals surface area contributed by atoms with E-state index in [9.17, 15) is 0 Å². The van der Waals surface area contributed by atoms with E-state index in [-0.39, 0.29) is 0 Å². The molecule has 2 unspecified atom stereocenters. The van der Waals surface area contributed by atoms with Crippen molar-refractivity contribution >= 4 is 0 Å². The molecule has 0 aromatic carbocycles. The molecule has 0 saturated heterocycles. The zero-order chi connectivity index (χ0) is 14.7. The van der Waals surface area contributed by atoms with Gasteiger partial charge in [-0.1, -0.05) is 39.2 Å². The molecule has 2 aliphatic rings. The van der Waals surface area contributed by atoms with E-state index < -0.39 is 0 Å². The van der Waals surface area contributed by atoms with Crippen molar-refractivity contribution < 1.29 is 0 Å². The molecule has 1 N–H and O–H groups in total. The quantitative estimate of drug-likeness (QED) is 0.884. The van der Waals surface area contributed by atoms with Gasteiger partial charge in [0, 0.05) is 23.9 Å². The van der Waals surface area contributed by atoms with Gasteiger partial charge < -0.3 is 5.32 Å². The lowest BCUT2D eigenvalue weighted by molar-refractivity contribution is 0.119. The van der Waals surface area contributed by atoms with E-state index in [1.165, 1.54) is 62.6 Å². The third kappa shape index (κ3) is 3.01. The lowest BCUT2D eigenvalue weighted by Gasteiger charge is -2.46. The topological polar surface area (TPSA) is 24.9 Å². The first-order chi connectivity index (χ1) is 10.2. The van der Waals surface area contributed by atoms with Crippen molar-refractivity contribution in [3.05, 3.63) is 29.6 Å². The van der Waals surface area contributed by atoms with Crippen LogP contribution in [0, 0.1) is 5.41 Å². The van der Waals surface area contributed by atoms with E-state index in [0.29, 0.717) is 17.4 Å². The first kappa shape index (κ1) is 15.0. The Kier molecular flexibility index (Phi) is 4.63. The molecular weight excluding hydrogens is 256 g/mol. The maximum absolute atomic E-state index is 4.79. The van der Waals surface area contributed by atoms with E-state index in [0.717, 1.165) is 6.54 Å². The summed E-state index contributed by atoms with van der Waals surface area (Å²) in [6, 6.07) is 4.99. The van der Waals surface area contributed by atoms with Crippen molar-refractivity contribution in [1.82, 2.24) is 10.3 Å². The van der Waals surface area contributed by atoms with Gasteiger partial charge >= 0.3 is 0 Å². The summed E-state index contributed by atoms with van der Waals surface area (Å²) >= 11 is 0. The molecule has 2 atom stereocenters. The van der Waals surface area contributed by atoms with Crippen molar-refractivity contribution in [3.63, 3.8) is 0 Å². The van der Waals surface area contributed by atoms with Gasteiger partial charge in [0.25, 0.3) is 0 Å². The average Bonchev–Trinajstić information content (AvgIpc) is 2.53. The standard InChI is InChI=1S/C19H30N2/c1-3-20-18(19(2)12-5-4-6-13-19)16-11-7-9-15-10-8-14-21-17(15)16/h8,10,14,16,18,20H,3-7,9,11-13H2,1-2H3. The average molecular weight is 286 g/mol. The first-order valence-corrected chi connectivity index (χ1v) is 8.92. The minimum Gasteiger partial charge on any atom is -0.313 e. The first-order valence-electron chi connectivity index (χ1n) is 8.92. The summed E-state index contributed by atoms with van der Waals surface area (Å²) in [4.78, 5) is 4.79. The highest BCUT2D eigenvalue weighted by molar-refractivity contribution is 5.28. The summed E-state index contributed by atoms with van der Waals surface area (Å²) in [7, 11) is 0. The van der Waals surface area contributed by atoms with Crippen molar-refractivity contribution in [2.24, 2.45) is 5.41 Å². The number of rotatable bonds is 4. The summed E-state index contributed by atoms with van der Waals surface area (Å²) in [6.45, 7) is 5.84. The maximum Gasteiger partial charge on any atom is 0.0482 e. The third-order valence-corrected chi connectivity index (χ3v) is 5.81. The minimum atomic E-state index is 0.449. The van der Waals surface area contributed by atoms with E-state index in [2.05, 4.69) is 31.3 Å². The highest BCUT2D eigenvalue weighted by Gasteiger charge is 2.41. The smallest absolute Gasteiger partial charge is 0.0482 e. The van der Waals surface area contributed by atoms with Gasteiger partial charge in [-0.05, 0) is 55.7 Å². The summed E-state index contributed by atoms with van der Waals surface area (Å²) in [5.74, 6) is 0.609. The Balaban J connectivity index is 1.91. The van der Waals surface area contributed by atoms with E-state index in [1.54, 1.807) is 0 Å². The molecule has 3 rings (SSSR count). The molecule has 0 bridgehead atoms. The second kappa shape index (κ2) is 6.48. The van der Waals surface area contributed by atoms with Crippen LogP contribution < -0.4 is 5.32 Å². The van der Waals surface area contributed by atoms with Crippen LogP contribution in [0.15, 0.2) is 18.3 Å². The van der Waals surface area contributed by atoms with E-state index in [4.69, 9.17) is 4.98 Å². The Hall–Kier alpha value is -0.890. The van der Waals surface area contributed by atoms with Crippen LogP contribution in [0.2, 0.25) is 0 Å². The molecule has 1 saturated carbocycles. The Bertz CT molecular complexity index is 462. The Morgan fingerprint density at radius 1 is 1.29 bits per heavy atom. The zero-order valence-corrected chi connectivity index (χ0v) is 13.7. The predicted molar refractivity (Wildman–Crippen MR) is 88.6 cm³/mol. The summed E-state index contributed by atoms with van der Waals surface area (Å²) in [6.07, 6.45) is 12.8. The van der Waals surface area contributed by atoms with Crippen LogP contribution in [0.25, 0.3) is 0 Å². The van der Waals surface area contributed by atoms with Gasteiger partial charge in [0.15, 0.2) is 0 Å². The largest absolute Gasteiger partial charge is 0.313 e. The van der Waals surface area contributed by atoms with Crippen LogP contribution in [-0.4, -0.2) is 17.6 Å². The van der Waals surface area contributed by atoms with Crippen molar-refractivity contribution in [3.8, 4) is 0 Å². The third-order valence-electron chi connectivity index (χ3n) is 5.81. The maximum atomic E-state index is 4.79. The second-order valence-corrected chi connectivity index (χ2v) is 7.30. The minimum absolute atomic E-state index is 0.449. The summed E-state index contributed by atoms with van der Waals surface area (Å²) in [5, 5.41) is 3.86. The monoisotopic (exact) mass is 286 g/mol. The number of pyridine rings is 1. The SMILES string of the molecule is CCNC(C1CCCc2cccnc21)C1(C)CCCCC1. The van der Waals surface area contributed by atoms with Gasteiger partial charge in [0.1, 0.15) is 0 Å². The molecule has 0 radical (unpaired) electrons. The molecule has 1 aromatic heterocycles. The molecule has 0 amide bonds. The summed E-state index contributed by atoms with van der Waals surface area (Å²) < 4.78 is 0. The molecule has 1 fully saturated rings. The Morgan fingerprint density at radius 2 is 2.10 bits per heavy atom. The van der Waals surface area contributed by atoms with Crippen LogP contribution in [-0.2, 0) is 6.42 Å². The van der Waals surface area contributed by atoms with E-state index in [1.807, 2.05) is 6.20 Å². The predicted octanol–water partition coefficient (Wildman–Crippen LogP) is 4.45. The molecule has 1 heterocycles. The van der Waals surface area contributed by atoms with Gasteiger partial charge in [0.05, 0.1) is 0 Å². The molecule has 116 valence electrons. The molecule has 2 heteroatoms. The fourth-order valence-corrected chi connectivity index (χ4v) is 4.73. The Labute approximate surface area is 129 Å². The normalized spacial score (nSPS) is 26.1. The highest BCUT2D eigenvalue weighted by Crippen LogP contribution is 2.46. The van der Waals surface area contributed by atoms with Gasteiger partial charge in [0.2, 0.25) is 0 Å². The molecular formula is C19H30N2. The van der Waals surface area contributed by atoms with Crippen LogP contribution in [0.3, 0.4) is 0 Å². The molecule has 2 aliphatic carbocycles. The van der Waals surface area contributed by atoms with Crippen LogP contribution in [0.5, 0.6) is 0 Å². The van der Waals surface area contributed by atoms with Gasteiger partial charge in [-0.15, -0.1) is 0 Å². The number of nitrogens with zero attached hydrogens (tertiary/aromatic N) is 1. The van der Waals surface area contributed by atoms with Crippen LogP contribution in [0.1, 0.15) is 76.0 Å². The molecule has 0 aliphatic heterocycles. The lowest BCUT2D eigenvalue weighted by Crippen LogP contribution is -2.49. The van der Waals surface area contributed by atoms with Crippen molar-refractivity contribution in [2.75, 3.05) is 6.54 Å². The number of aromatic nitrogens is 1. The van der Waals surface area contributed by atoms with Crippen LogP contribution >= 0.6 is 0 Å². The number of aryl methyl sites for hydroxylation is 1. The van der Waals surface area contributed by atoms with Gasteiger partial charge in [-0.25, -0.2) is 0 Å². The Morgan fingerprint density at radius 3 is 2.86 bits per heavy atom. The summed E-state index contributed by atoms with van der Waals surface area (Å²) in [5.41, 5.74) is 3.34. The number of hydrogen-bond donors (Lipinski definition) is 1. The van der Waals surface area contributed by atoms with Gasteiger partial charge in [-0.2, -0.15) is 0 Å². The fraction of sp³-hybridized carbons (Fsp3) is 0.737. The number of hydrogen-bond acceptors (Lipinski definition) is 2. The number of fused-ring (bicyclic) bond motifs is 1. The zero-order valence-electron chi connectivity index (χ0n) is 13.7. The molecule has 2 nitrogen and oxygen atoms in total. The lowest BCUT2D eigenvalue weighted by atomic mass is 9.64. The molecule has 21 heavy (non-hydrogen) atoms. The van der Waals surface area contributed by atoms with Crippen molar-refractivity contribution in [2.45, 2.75) is 77.2 Å². The number of likely N-dealkylation sites (N-methyl/N-ethyl adjacent to an activating group) is 1.